The molecule has 0 unspecified atom stereocenters. The van der Waals surface area contributed by atoms with Crippen molar-refractivity contribution in [3.8, 4) is 11.1 Å². The van der Waals surface area contributed by atoms with Crippen molar-refractivity contribution in [1.82, 2.24) is 14.6 Å². The number of aliphatic hydroxyl groups excluding tert-OH is 1. The number of hydrogen-bond acceptors (Lipinski definition) is 3. The molecule has 0 saturated heterocycles. The van der Waals surface area contributed by atoms with Gasteiger partial charge in [0.05, 0.1) is 0 Å². The third kappa shape index (κ3) is 2.44. The van der Waals surface area contributed by atoms with Crippen molar-refractivity contribution in [2.45, 2.75) is 27.2 Å². The lowest BCUT2D eigenvalue weighted by atomic mass is 9.96. The van der Waals surface area contributed by atoms with E-state index >= 15 is 0 Å². The van der Waals surface area contributed by atoms with E-state index in [9.17, 15) is 9.90 Å². The standard InChI is InChI=1S/C21H21N3O2/c1-12-10-15-6-4-5-7-16(15)11-18(12)19-14(3)23-24-20(19)22-13(2)17(8-9-25)21(24)26/h4-7,10-11,23,25H,8-9H2,1-3H3. The minimum atomic E-state index is -0.144. The van der Waals surface area contributed by atoms with Gasteiger partial charge >= 0.3 is 0 Å². The second-order valence-electron chi connectivity index (χ2n) is 6.74. The SMILES string of the molecule is Cc1cc2ccccc2cc1-c1c(C)[nH]n2c(=O)c(CCO)c(C)nc12. The van der Waals surface area contributed by atoms with Gasteiger partial charge in [-0.1, -0.05) is 30.3 Å². The van der Waals surface area contributed by atoms with Crippen molar-refractivity contribution in [3.63, 3.8) is 0 Å². The first-order valence-electron chi connectivity index (χ1n) is 8.72. The summed E-state index contributed by atoms with van der Waals surface area (Å²) in [6.45, 7) is 5.79. The summed E-state index contributed by atoms with van der Waals surface area (Å²) in [6, 6.07) is 12.6. The van der Waals surface area contributed by atoms with Gasteiger partial charge < -0.3 is 5.11 Å². The van der Waals surface area contributed by atoms with Crippen LogP contribution in [0.3, 0.4) is 0 Å². The smallest absolute Gasteiger partial charge is 0.276 e. The number of nitrogens with one attached hydrogen (secondary N) is 1. The molecule has 0 aliphatic heterocycles. The van der Waals surface area contributed by atoms with Gasteiger partial charge in [0.1, 0.15) is 0 Å². The highest BCUT2D eigenvalue weighted by Gasteiger charge is 2.18. The van der Waals surface area contributed by atoms with E-state index in [1.807, 2.05) is 26.0 Å². The largest absolute Gasteiger partial charge is 0.396 e. The molecule has 0 radical (unpaired) electrons. The van der Waals surface area contributed by atoms with Crippen LogP contribution in [0.2, 0.25) is 0 Å². The number of fused-ring (bicyclic) bond motifs is 2. The van der Waals surface area contributed by atoms with Crippen molar-refractivity contribution in [2.75, 3.05) is 6.61 Å². The predicted molar refractivity (Wildman–Crippen MR) is 104 cm³/mol. The van der Waals surface area contributed by atoms with Crippen LogP contribution in [0.4, 0.5) is 0 Å². The van der Waals surface area contributed by atoms with Gasteiger partial charge in [0.15, 0.2) is 5.65 Å². The van der Waals surface area contributed by atoms with Crippen molar-refractivity contribution in [2.24, 2.45) is 0 Å². The lowest BCUT2D eigenvalue weighted by molar-refractivity contribution is 0.298. The predicted octanol–water partition coefficient (Wildman–Crippen LogP) is 3.30. The third-order valence-corrected chi connectivity index (χ3v) is 4.99. The molecule has 0 fully saturated rings. The summed E-state index contributed by atoms with van der Waals surface area (Å²) in [5.41, 5.74) is 5.76. The molecule has 4 aromatic rings. The number of H-pyrrole nitrogens is 1. The molecule has 2 N–H and O–H groups in total. The summed E-state index contributed by atoms with van der Waals surface area (Å²) in [5.74, 6) is 0. The number of nitrogens with zero attached hydrogens (tertiary/aromatic N) is 2. The molecular formula is C21H21N3O2. The van der Waals surface area contributed by atoms with Crippen LogP contribution in [0.25, 0.3) is 27.5 Å². The summed E-state index contributed by atoms with van der Waals surface area (Å²) in [5, 5.41) is 14.7. The number of rotatable bonds is 3. The number of aryl methyl sites for hydroxylation is 3. The van der Waals surface area contributed by atoms with Gasteiger partial charge in [0.25, 0.3) is 5.56 Å². The van der Waals surface area contributed by atoms with Gasteiger partial charge in [-0.15, -0.1) is 0 Å². The molecule has 0 aliphatic carbocycles. The molecule has 4 rings (SSSR count). The molecular weight excluding hydrogens is 326 g/mol. The Morgan fingerprint density at radius 1 is 1.12 bits per heavy atom. The molecule has 0 aliphatic rings. The number of aliphatic hydroxyl groups is 1. The summed E-state index contributed by atoms with van der Waals surface area (Å²) in [4.78, 5) is 17.5. The van der Waals surface area contributed by atoms with Crippen molar-refractivity contribution in [1.29, 1.82) is 0 Å². The van der Waals surface area contributed by atoms with E-state index < -0.39 is 0 Å². The maximum Gasteiger partial charge on any atom is 0.276 e. The van der Waals surface area contributed by atoms with Crippen LogP contribution in [0, 0.1) is 20.8 Å². The maximum absolute atomic E-state index is 12.8. The minimum absolute atomic E-state index is 0.0693. The summed E-state index contributed by atoms with van der Waals surface area (Å²) in [7, 11) is 0. The fraction of sp³-hybridized carbons (Fsp3) is 0.238. The molecule has 5 nitrogen and oxygen atoms in total. The van der Waals surface area contributed by atoms with Gasteiger partial charge in [-0.2, -0.15) is 0 Å². The van der Waals surface area contributed by atoms with Gasteiger partial charge in [-0.05, 0) is 48.7 Å². The Bertz CT molecular complexity index is 1200. The van der Waals surface area contributed by atoms with E-state index in [2.05, 4.69) is 36.3 Å². The van der Waals surface area contributed by atoms with Crippen LogP contribution in [0.1, 0.15) is 22.5 Å². The van der Waals surface area contributed by atoms with E-state index in [0.717, 1.165) is 27.8 Å². The molecule has 2 aromatic heterocycles. The molecule has 5 heteroatoms. The Hall–Kier alpha value is -2.92. The number of aromatic nitrogens is 3. The average molecular weight is 347 g/mol. The Balaban J connectivity index is 2.05. The molecule has 0 amide bonds. The quantitative estimate of drug-likeness (QED) is 0.597. The van der Waals surface area contributed by atoms with E-state index in [1.165, 1.54) is 9.90 Å². The normalized spacial score (nSPS) is 11.5. The van der Waals surface area contributed by atoms with Gasteiger partial charge in [0, 0.05) is 35.5 Å². The van der Waals surface area contributed by atoms with Crippen LogP contribution >= 0.6 is 0 Å². The minimum Gasteiger partial charge on any atom is -0.396 e. The number of hydrogen-bond donors (Lipinski definition) is 2. The van der Waals surface area contributed by atoms with Gasteiger partial charge in [0.2, 0.25) is 0 Å². The lowest BCUT2D eigenvalue weighted by Gasteiger charge is -2.09. The molecule has 0 atom stereocenters. The summed E-state index contributed by atoms with van der Waals surface area (Å²) in [6.07, 6.45) is 0.309. The number of aromatic amines is 1. The molecule has 2 aromatic carbocycles. The first-order valence-corrected chi connectivity index (χ1v) is 8.72. The fourth-order valence-corrected chi connectivity index (χ4v) is 3.67. The van der Waals surface area contributed by atoms with E-state index in [-0.39, 0.29) is 12.2 Å². The zero-order valence-electron chi connectivity index (χ0n) is 15.1. The summed E-state index contributed by atoms with van der Waals surface area (Å²) < 4.78 is 1.50. The Morgan fingerprint density at radius 2 is 1.81 bits per heavy atom. The van der Waals surface area contributed by atoms with E-state index in [0.29, 0.717) is 23.3 Å². The first-order chi connectivity index (χ1) is 12.5. The molecule has 0 bridgehead atoms. The van der Waals surface area contributed by atoms with E-state index in [4.69, 9.17) is 4.98 Å². The van der Waals surface area contributed by atoms with Crippen LogP contribution < -0.4 is 5.56 Å². The third-order valence-electron chi connectivity index (χ3n) is 4.99. The highest BCUT2D eigenvalue weighted by molar-refractivity contribution is 5.92. The second-order valence-corrected chi connectivity index (χ2v) is 6.74. The maximum atomic E-state index is 12.8. The zero-order valence-corrected chi connectivity index (χ0v) is 15.1. The Kier molecular flexibility index (Phi) is 3.89. The first kappa shape index (κ1) is 16.5. The Morgan fingerprint density at radius 3 is 2.50 bits per heavy atom. The topological polar surface area (TPSA) is 70.4 Å². The van der Waals surface area contributed by atoms with Crippen LogP contribution in [0.15, 0.2) is 41.2 Å². The summed E-state index contributed by atoms with van der Waals surface area (Å²) >= 11 is 0. The second kappa shape index (κ2) is 6.11. The average Bonchev–Trinajstić information content (AvgIpc) is 2.94. The zero-order chi connectivity index (χ0) is 18.4. The Labute approximate surface area is 150 Å². The highest BCUT2D eigenvalue weighted by atomic mass is 16.3. The lowest BCUT2D eigenvalue weighted by Crippen LogP contribution is -2.22. The van der Waals surface area contributed by atoms with Crippen LogP contribution in [0.5, 0.6) is 0 Å². The van der Waals surface area contributed by atoms with Crippen molar-refractivity contribution in [3.05, 3.63) is 69.3 Å². The van der Waals surface area contributed by atoms with E-state index in [1.54, 1.807) is 0 Å². The van der Waals surface area contributed by atoms with Crippen LogP contribution in [-0.2, 0) is 6.42 Å². The van der Waals surface area contributed by atoms with Crippen LogP contribution in [-0.4, -0.2) is 26.3 Å². The molecule has 0 spiro atoms. The van der Waals surface area contributed by atoms with Crippen molar-refractivity contribution >= 4 is 16.4 Å². The fourth-order valence-electron chi connectivity index (χ4n) is 3.67. The number of benzene rings is 2. The molecule has 132 valence electrons. The van der Waals surface area contributed by atoms with Gasteiger partial charge in [-0.3, -0.25) is 9.89 Å². The molecule has 2 heterocycles. The highest BCUT2D eigenvalue weighted by Crippen LogP contribution is 2.32. The van der Waals surface area contributed by atoms with Gasteiger partial charge in [-0.25, -0.2) is 9.50 Å². The molecule has 26 heavy (non-hydrogen) atoms. The monoisotopic (exact) mass is 347 g/mol. The van der Waals surface area contributed by atoms with Crippen molar-refractivity contribution < 1.29 is 5.11 Å². The molecule has 0 saturated carbocycles.